The molecule has 0 atom stereocenters. The van der Waals surface area contributed by atoms with Gasteiger partial charge in [-0.15, -0.1) is 0 Å². The first-order chi connectivity index (χ1) is 26.1. The average molecular weight is 677 g/mol. The molecular formula is C49H32N4. The fraction of sp³-hybridized carbons (Fsp3) is 0.0204. The molecule has 4 nitrogen and oxygen atoms in total. The van der Waals surface area contributed by atoms with Crippen molar-refractivity contribution in [3.8, 4) is 28.3 Å². The molecule has 0 aliphatic rings. The second-order valence-corrected chi connectivity index (χ2v) is 13.9. The first-order valence-corrected chi connectivity index (χ1v) is 18.0. The molecule has 0 spiro atoms. The Hall–Kier alpha value is -7.04. The molecule has 248 valence electrons. The Morgan fingerprint density at radius 1 is 0.528 bits per heavy atom. The summed E-state index contributed by atoms with van der Waals surface area (Å²) in [6.07, 6.45) is 2.30. The summed E-state index contributed by atoms with van der Waals surface area (Å²) >= 11 is 0. The third kappa shape index (κ3) is 4.30. The molecule has 11 aromatic rings. The van der Waals surface area contributed by atoms with Crippen LogP contribution in [0.5, 0.6) is 0 Å². The van der Waals surface area contributed by atoms with Crippen molar-refractivity contribution >= 4 is 72.6 Å². The molecule has 0 aliphatic heterocycles. The van der Waals surface area contributed by atoms with E-state index in [9.17, 15) is 0 Å². The van der Waals surface area contributed by atoms with Crippen LogP contribution in [0.4, 0.5) is 0 Å². The summed E-state index contributed by atoms with van der Waals surface area (Å²) in [6.45, 7) is 6.60. The van der Waals surface area contributed by atoms with Gasteiger partial charge in [0.1, 0.15) is 5.82 Å². The number of nitrogens with zero attached hydrogens (tertiary/aromatic N) is 4. The van der Waals surface area contributed by atoms with E-state index >= 15 is 0 Å². The quantitative estimate of drug-likeness (QED) is 0.186. The van der Waals surface area contributed by atoms with Gasteiger partial charge >= 0.3 is 0 Å². The van der Waals surface area contributed by atoms with Gasteiger partial charge in [0.25, 0.3) is 0 Å². The van der Waals surface area contributed by atoms with Gasteiger partial charge in [0.2, 0.25) is 0 Å². The Morgan fingerprint density at radius 3 is 1.98 bits per heavy atom. The fourth-order valence-electron chi connectivity index (χ4n) is 8.46. The number of fused-ring (bicyclic) bond motifs is 8. The van der Waals surface area contributed by atoms with Crippen molar-refractivity contribution in [1.82, 2.24) is 18.9 Å². The molecule has 0 saturated heterocycles. The third-order valence-corrected chi connectivity index (χ3v) is 11.0. The van der Waals surface area contributed by atoms with E-state index in [-0.39, 0.29) is 0 Å². The predicted octanol–water partition coefficient (Wildman–Crippen LogP) is 10.6. The summed E-state index contributed by atoms with van der Waals surface area (Å²) in [5.74, 6) is 1.57. The molecule has 0 aliphatic carbocycles. The molecule has 11 rings (SSSR count). The zero-order valence-electron chi connectivity index (χ0n) is 29.1. The number of benzene rings is 7. The van der Waals surface area contributed by atoms with Crippen LogP contribution in [0.3, 0.4) is 0 Å². The minimum absolute atomic E-state index is 0.699. The van der Waals surface area contributed by atoms with E-state index in [1.165, 1.54) is 54.8 Å². The van der Waals surface area contributed by atoms with Gasteiger partial charge in [-0.2, -0.15) is 0 Å². The summed E-state index contributed by atoms with van der Waals surface area (Å²) < 4.78 is 4.86. The van der Waals surface area contributed by atoms with E-state index < -0.39 is 0 Å². The fourth-order valence-corrected chi connectivity index (χ4v) is 8.46. The van der Waals surface area contributed by atoms with E-state index in [2.05, 4.69) is 174 Å². The van der Waals surface area contributed by atoms with E-state index in [4.69, 9.17) is 9.97 Å². The van der Waals surface area contributed by atoms with Crippen molar-refractivity contribution in [3.05, 3.63) is 179 Å². The van der Waals surface area contributed by atoms with E-state index in [0.29, 0.717) is 5.82 Å². The number of aryl methyl sites for hydroxylation is 1. The highest BCUT2D eigenvalue weighted by Crippen LogP contribution is 2.46. The number of hydrogen-bond acceptors (Lipinski definition) is 2. The van der Waals surface area contributed by atoms with Gasteiger partial charge in [-0.1, -0.05) is 134 Å². The van der Waals surface area contributed by atoms with Gasteiger partial charge in [-0.25, -0.2) is 9.97 Å². The summed E-state index contributed by atoms with van der Waals surface area (Å²) in [4.78, 5) is 10.6. The summed E-state index contributed by atoms with van der Waals surface area (Å²) in [5, 5.41) is 9.25. The number of hydrogen-bond donors (Lipinski definition) is 0. The highest BCUT2D eigenvalue weighted by Gasteiger charge is 2.26. The van der Waals surface area contributed by atoms with Gasteiger partial charge in [-0.3, -0.25) is 4.57 Å². The monoisotopic (exact) mass is 676 g/mol. The lowest BCUT2D eigenvalue weighted by molar-refractivity contribution is 1.08. The lowest BCUT2D eigenvalue weighted by atomic mass is 10.0. The number of rotatable bonds is 4. The molecule has 4 heterocycles. The highest BCUT2D eigenvalue weighted by molar-refractivity contribution is 6.31. The van der Waals surface area contributed by atoms with Crippen molar-refractivity contribution in [3.63, 3.8) is 0 Å². The second kappa shape index (κ2) is 11.2. The lowest BCUT2D eigenvalue weighted by Crippen LogP contribution is -2.22. The SMILES string of the molecule is C=c1cccc/c1=C/c1c(C)c2cc3c4ccccc4n(-c4nc(-c5ccc(-c6ccccc6)cc5)nc5ccccc45)c3c3c4ccccc4n1c23. The van der Waals surface area contributed by atoms with Crippen molar-refractivity contribution in [2.75, 3.05) is 0 Å². The van der Waals surface area contributed by atoms with Crippen molar-refractivity contribution in [1.29, 1.82) is 0 Å². The largest absolute Gasteiger partial charge is 0.308 e. The molecule has 4 heteroatoms. The molecular weight excluding hydrogens is 645 g/mol. The van der Waals surface area contributed by atoms with Crippen molar-refractivity contribution in [2.45, 2.75) is 6.92 Å². The third-order valence-electron chi connectivity index (χ3n) is 11.0. The van der Waals surface area contributed by atoms with E-state index in [0.717, 1.165) is 49.3 Å². The molecule has 0 amide bonds. The molecule has 53 heavy (non-hydrogen) atoms. The smallest absolute Gasteiger partial charge is 0.162 e. The Balaban J connectivity index is 1.27. The van der Waals surface area contributed by atoms with E-state index in [1.807, 2.05) is 12.1 Å². The van der Waals surface area contributed by atoms with Crippen LogP contribution < -0.4 is 10.4 Å². The molecule has 0 saturated carbocycles. The van der Waals surface area contributed by atoms with Crippen LogP contribution in [0.1, 0.15) is 11.3 Å². The molecule has 0 radical (unpaired) electrons. The summed E-state index contributed by atoms with van der Waals surface area (Å²) in [7, 11) is 0. The predicted molar refractivity (Wildman–Crippen MR) is 221 cm³/mol. The van der Waals surface area contributed by atoms with Crippen molar-refractivity contribution < 1.29 is 0 Å². The maximum absolute atomic E-state index is 5.46. The Bertz CT molecular complexity index is 3350. The highest BCUT2D eigenvalue weighted by atomic mass is 15.1. The maximum atomic E-state index is 5.46. The van der Waals surface area contributed by atoms with Gasteiger partial charge in [0.05, 0.1) is 33.3 Å². The van der Waals surface area contributed by atoms with Crippen LogP contribution in [-0.2, 0) is 0 Å². The molecule has 0 fully saturated rings. The topological polar surface area (TPSA) is 35.1 Å². The molecule has 7 aromatic carbocycles. The van der Waals surface area contributed by atoms with E-state index in [1.54, 1.807) is 0 Å². The minimum atomic E-state index is 0.699. The normalized spacial score (nSPS) is 12.4. The van der Waals surface area contributed by atoms with Crippen LogP contribution in [-0.4, -0.2) is 18.9 Å². The van der Waals surface area contributed by atoms with Crippen LogP contribution >= 0.6 is 0 Å². The standard InChI is InChI=1S/C49H32N4/c1-30-14-6-7-17-35(30)28-44-31(2)39-29-40-36-18-9-12-22-42(36)53(47(40)45-38-20-10-13-23-43(38)52(44)46(39)45)49-37-19-8-11-21-41(37)50-48(51-49)34-26-24-33(25-27-34)32-15-4-3-5-16-32/h3-29H,1H2,2H3/b35-28-. The van der Waals surface area contributed by atoms with Gasteiger partial charge in [-0.05, 0) is 70.5 Å². The molecule has 0 unspecified atom stereocenters. The lowest BCUT2D eigenvalue weighted by Gasteiger charge is -2.13. The Morgan fingerprint density at radius 2 is 1.17 bits per heavy atom. The molecule has 0 bridgehead atoms. The van der Waals surface area contributed by atoms with Crippen LogP contribution in [0.15, 0.2) is 158 Å². The Labute approximate surface area is 305 Å². The number of para-hydroxylation sites is 3. The van der Waals surface area contributed by atoms with Gasteiger partial charge in [0, 0.05) is 37.9 Å². The number of aromatic nitrogens is 4. The van der Waals surface area contributed by atoms with Crippen molar-refractivity contribution in [2.24, 2.45) is 0 Å². The average Bonchev–Trinajstić information content (AvgIpc) is 3.82. The molecule has 4 aromatic heterocycles. The summed E-state index contributed by atoms with van der Waals surface area (Å²) in [6, 6.07) is 55.8. The molecule has 0 N–H and O–H groups in total. The zero-order valence-corrected chi connectivity index (χ0v) is 29.1. The first kappa shape index (κ1) is 29.7. The first-order valence-electron chi connectivity index (χ1n) is 18.0. The maximum Gasteiger partial charge on any atom is 0.162 e. The minimum Gasteiger partial charge on any atom is -0.308 e. The summed E-state index contributed by atoms with van der Waals surface area (Å²) in [5.41, 5.74) is 11.4. The van der Waals surface area contributed by atoms with Crippen LogP contribution in [0, 0.1) is 6.92 Å². The van der Waals surface area contributed by atoms with Crippen LogP contribution in [0.25, 0.3) is 101 Å². The Kier molecular flexibility index (Phi) is 6.29. The van der Waals surface area contributed by atoms with Gasteiger partial charge in [0.15, 0.2) is 5.82 Å². The second-order valence-electron chi connectivity index (χ2n) is 13.9. The van der Waals surface area contributed by atoms with Crippen LogP contribution in [0.2, 0.25) is 0 Å². The zero-order chi connectivity index (χ0) is 35.2. The van der Waals surface area contributed by atoms with Gasteiger partial charge < -0.3 is 4.40 Å².